The van der Waals surface area contributed by atoms with E-state index in [2.05, 4.69) is 46.4 Å². The Morgan fingerprint density at radius 1 is 1.32 bits per heavy atom. The molecule has 1 aliphatic heterocycles. The lowest BCUT2D eigenvalue weighted by molar-refractivity contribution is 0.110. The fourth-order valence-electron chi connectivity index (χ4n) is 3.32. The molecule has 1 aromatic heterocycles. The van der Waals surface area contributed by atoms with Gasteiger partial charge in [-0.05, 0) is 43.8 Å². The van der Waals surface area contributed by atoms with E-state index in [0.29, 0.717) is 12.0 Å². The normalized spacial score (nSPS) is 18.1. The Kier molecular flexibility index (Phi) is 9.78. The molecule has 1 saturated heterocycles. The van der Waals surface area contributed by atoms with Crippen LogP contribution in [-0.4, -0.2) is 53.4 Å². The third-order valence-electron chi connectivity index (χ3n) is 5.12. The first-order chi connectivity index (χ1) is 11.5. The van der Waals surface area contributed by atoms with Gasteiger partial charge in [-0.15, -0.1) is 24.0 Å². The number of guanidine groups is 1. The molecule has 144 valence electrons. The first kappa shape index (κ1) is 22.2. The van der Waals surface area contributed by atoms with Crippen molar-refractivity contribution >= 4 is 29.9 Å². The Balaban J connectivity index is 0.00000312. The number of hydrogen-bond acceptors (Lipinski definition) is 3. The molecule has 0 saturated carbocycles. The number of nitrogens with one attached hydrogen (secondary N) is 2. The summed E-state index contributed by atoms with van der Waals surface area (Å²) in [5, 5.41) is 11.1. The molecule has 2 rings (SSSR count). The van der Waals surface area contributed by atoms with Gasteiger partial charge in [0.15, 0.2) is 5.96 Å². The zero-order valence-electron chi connectivity index (χ0n) is 16.3. The third-order valence-corrected chi connectivity index (χ3v) is 5.12. The summed E-state index contributed by atoms with van der Waals surface area (Å²) in [4.78, 5) is 7.00. The number of aryl methyl sites for hydroxylation is 1. The van der Waals surface area contributed by atoms with E-state index in [9.17, 15) is 0 Å². The van der Waals surface area contributed by atoms with Gasteiger partial charge < -0.3 is 10.6 Å². The zero-order valence-corrected chi connectivity index (χ0v) is 18.7. The molecular weight excluding hydrogens is 427 g/mol. The van der Waals surface area contributed by atoms with Crippen molar-refractivity contribution in [3.63, 3.8) is 0 Å². The lowest BCUT2D eigenvalue weighted by atomic mass is 9.94. The van der Waals surface area contributed by atoms with Crippen LogP contribution in [0.15, 0.2) is 17.3 Å². The Bertz CT molecular complexity index is 519. The van der Waals surface area contributed by atoms with Crippen LogP contribution in [0.5, 0.6) is 0 Å². The average molecular weight is 462 g/mol. The minimum absolute atomic E-state index is 0. The van der Waals surface area contributed by atoms with Crippen molar-refractivity contribution in [2.75, 3.05) is 26.7 Å². The number of aromatic nitrogens is 2. The second-order valence-electron chi connectivity index (χ2n) is 7.28. The summed E-state index contributed by atoms with van der Waals surface area (Å²) >= 11 is 0. The number of aliphatic imine (C=N–C) groups is 1. The van der Waals surface area contributed by atoms with Crippen LogP contribution >= 0.6 is 24.0 Å². The summed E-state index contributed by atoms with van der Waals surface area (Å²) in [6.07, 6.45) is 4.45. The highest BCUT2D eigenvalue weighted by Gasteiger charge is 2.25. The molecule has 6 nitrogen and oxygen atoms in total. The number of piperidine rings is 1. The van der Waals surface area contributed by atoms with Gasteiger partial charge in [-0.2, -0.15) is 5.10 Å². The summed E-state index contributed by atoms with van der Waals surface area (Å²) < 4.78 is 1.88. The predicted molar refractivity (Wildman–Crippen MR) is 115 cm³/mol. The maximum Gasteiger partial charge on any atom is 0.191 e. The topological polar surface area (TPSA) is 57.5 Å². The lowest BCUT2D eigenvalue weighted by Gasteiger charge is -2.39. The highest BCUT2D eigenvalue weighted by Crippen LogP contribution is 2.21. The number of hydrogen-bond donors (Lipinski definition) is 2. The Morgan fingerprint density at radius 2 is 2.00 bits per heavy atom. The fraction of sp³-hybridized carbons (Fsp3) is 0.778. The molecule has 0 radical (unpaired) electrons. The number of rotatable bonds is 6. The smallest absolute Gasteiger partial charge is 0.191 e. The van der Waals surface area contributed by atoms with E-state index in [1.807, 2.05) is 31.0 Å². The van der Waals surface area contributed by atoms with Crippen LogP contribution in [0.4, 0.5) is 0 Å². The van der Waals surface area contributed by atoms with Gasteiger partial charge in [0.05, 0.1) is 12.2 Å². The molecule has 2 heterocycles. The Morgan fingerprint density at radius 3 is 2.52 bits per heavy atom. The van der Waals surface area contributed by atoms with Crippen molar-refractivity contribution in [3.05, 3.63) is 18.0 Å². The minimum Gasteiger partial charge on any atom is -0.355 e. The Hall–Kier alpha value is -0.830. The van der Waals surface area contributed by atoms with E-state index in [4.69, 9.17) is 0 Å². The molecule has 25 heavy (non-hydrogen) atoms. The summed E-state index contributed by atoms with van der Waals surface area (Å²) in [5.41, 5.74) is 1.14. The van der Waals surface area contributed by atoms with E-state index in [0.717, 1.165) is 30.7 Å². The van der Waals surface area contributed by atoms with Crippen molar-refractivity contribution in [1.29, 1.82) is 0 Å². The van der Waals surface area contributed by atoms with Crippen molar-refractivity contribution in [1.82, 2.24) is 25.3 Å². The molecular formula is C18H35IN6. The standard InChI is InChI=1S/C18H34N6.HI/c1-14(2)17(24-10-7-15(3)8-11-24)13-21-18(19-4)20-12-16-6-9-22-23(16)5;/h6,9,14-15,17H,7-8,10-13H2,1-5H3,(H2,19,20,21);1H. The summed E-state index contributed by atoms with van der Waals surface area (Å²) in [6, 6.07) is 2.57. The fourth-order valence-corrected chi connectivity index (χ4v) is 3.32. The highest BCUT2D eigenvalue weighted by molar-refractivity contribution is 14.0. The van der Waals surface area contributed by atoms with Crippen LogP contribution in [-0.2, 0) is 13.6 Å². The maximum absolute atomic E-state index is 4.35. The highest BCUT2D eigenvalue weighted by atomic mass is 127. The summed E-state index contributed by atoms with van der Waals surface area (Å²) in [6.45, 7) is 11.1. The van der Waals surface area contributed by atoms with Gasteiger partial charge in [0.2, 0.25) is 0 Å². The molecule has 0 spiro atoms. The second kappa shape index (κ2) is 11.0. The first-order valence-electron chi connectivity index (χ1n) is 9.16. The molecule has 0 amide bonds. The molecule has 1 aromatic rings. The average Bonchev–Trinajstić information content (AvgIpc) is 2.97. The molecule has 0 aliphatic carbocycles. The molecule has 1 unspecified atom stereocenters. The van der Waals surface area contributed by atoms with E-state index >= 15 is 0 Å². The quantitative estimate of drug-likeness (QED) is 0.388. The van der Waals surface area contributed by atoms with Crippen LogP contribution in [0.25, 0.3) is 0 Å². The number of halogens is 1. The van der Waals surface area contributed by atoms with Crippen LogP contribution in [0, 0.1) is 11.8 Å². The Labute approximate surface area is 169 Å². The summed E-state index contributed by atoms with van der Waals surface area (Å²) in [5.74, 6) is 2.35. The third kappa shape index (κ3) is 6.77. The van der Waals surface area contributed by atoms with Gasteiger partial charge in [0.1, 0.15) is 0 Å². The molecule has 1 fully saturated rings. The van der Waals surface area contributed by atoms with E-state index in [1.165, 1.54) is 25.9 Å². The van der Waals surface area contributed by atoms with E-state index < -0.39 is 0 Å². The predicted octanol–water partition coefficient (Wildman–Crippen LogP) is 2.46. The number of likely N-dealkylation sites (tertiary alicyclic amines) is 1. The van der Waals surface area contributed by atoms with Gasteiger partial charge in [0.25, 0.3) is 0 Å². The van der Waals surface area contributed by atoms with Crippen LogP contribution in [0.3, 0.4) is 0 Å². The van der Waals surface area contributed by atoms with Gasteiger partial charge in [0, 0.05) is 32.9 Å². The molecule has 1 atom stereocenters. The lowest BCUT2D eigenvalue weighted by Crippen LogP contribution is -2.51. The van der Waals surface area contributed by atoms with Gasteiger partial charge in [-0.1, -0.05) is 20.8 Å². The largest absolute Gasteiger partial charge is 0.355 e. The van der Waals surface area contributed by atoms with Gasteiger partial charge >= 0.3 is 0 Å². The minimum atomic E-state index is 0. The van der Waals surface area contributed by atoms with Crippen LogP contribution in [0.1, 0.15) is 39.3 Å². The van der Waals surface area contributed by atoms with Crippen molar-refractivity contribution in [2.45, 2.75) is 46.2 Å². The SMILES string of the molecule is CN=C(NCc1ccnn1C)NCC(C(C)C)N1CCC(C)CC1.I. The van der Waals surface area contributed by atoms with Crippen molar-refractivity contribution < 1.29 is 0 Å². The monoisotopic (exact) mass is 462 g/mol. The molecule has 2 N–H and O–H groups in total. The number of nitrogens with zero attached hydrogens (tertiary/aromatic N) is 4. The zero-order chi connectivity index (χ0) is 17.5. The maximum atomic E-state index is 4.35. The second-order valence-corrected chi connectivity index (χ2v) is 7.28. The molecule has 0 bridgehead atoms. The first-order valence-corrected chi connectivity index (χ1v) is 9.16. The van der Waals surface area contributed by atoms with Crippen LogP contribution in [0.2, 0.25) is 0 Å². The van der Waals surface area contributed by atoms with E-state index in [1.54, 1.807) is 0 Å². The summed E-state index contributed by atoms with van der Waals surface area (Å²) in [7, 11) is 3.78. The molecule has 7 heteroatoms. The van der Waals surface area contributed by atoms with Crippen molar-refractivity contribution in [2.24, 2.45) is 23.9 Å². The van der Waals surface area contributed by atoms with Crippen LogP contribution < -0.4 is 10.6 Å². The van der Waals surface area contributed by atoms with E-state index in [-0.39, 0.29) is 24.0 Å². The van der Waals surface area contributed by atoms with Gasteiger partial charge in [-0.25, -0.2) is 0 Å². The van der Waals surface area contributed by atoms with Gasteiger partial charge in [-0.3, -0.25) is 14.6 Å². The molecule has 0 aromatic carbocycles. The van der Waals surface area contributed by atoms with Crippen molar-refractivity contribution in [3.8, 4) is 0 Å². The molecule has 1 aliphatic rings.